The molecule has 1 saturated heterocycles. The van der Waals surface area contributed by atoms with Crippen molar-refractivity contribution < 1.29 is 13.9 Å². The van der Waals surface area contributed by atoms with Crippen molar-refractivity contribution in [2.24, 2.45) is 0 Å². The summed E-state index contributed by atoms with van der Waals surface area (Å²) in [6.07, 6.45) is 4.47. The third kappa shape index (κ3) is 2.96. The molecule has 1 aliphatic heterocycles. The Labute approximate surface area is 147 Å². The van der Waals surface area contributed by atoms with Crippen molar-refractivity contribution in [2.45, 2.75) is 6.10 Å². The van der Waals surface area contributed by atoms with Crippen LogP contribution in [0.2, 0.25) is 5.02 Å². The lowest BCUT2D eigenvalue weighted by molar-refractivity contribution is -0.0227. The number of morpholine rings is 1. The van der Waals surface area contributed by atoms with Crippen LogP contribution in [-0.4, -0.2) is 45.1 Å². The monoisotopic (exact) mass is 360 g/mol. The van der Waals surface area contributed by atoms with Gasteiger partial charge in [-0.15, -0.1) is 0 Å². The largest absolute Gasteiger partial charge is 0.370 e. The standard InChI is InChI=1S/C17H14ClFN4O2/c18-14-8-11(19)2-3-12(14)15-10-22(6-7-25-15)17(24)13-9-21-23-5-1-4-20-16(13)23/h1-5,8-9,15H,6-7,10H2. The molecule has 1 amide bonds. The van der Waals surface area contributed by atoms with Crippen molar-refractivity contribution in [2.75, 3.05) is 19.7 Å². The van der Waals surface area contributed by atoms with Crippen LogP contribution in [-0.2, 0) is 4.74 Å². The van der Waals surface area contributed by atoms with E-state index in [1.54, 1.807) is 33.9 Å². The summed E-state index contributed by atoms with van der Waals surface area (Å²) in [5, 5.41) is 4.44. The first kappa shape index (κ1) is 16.0. The van der Waals surface area contributed by atoms with Crippen LogP contribution < -0.4 is 0 Å². The van der Waals surface area contributed by atoms with E-state index in [0.717, 1.165) is 0 Å². The van der Waals surface area contributed by atoms with Gasteiger partial charge in [-0.3, -0.25) is 4.79 Å². The zero-order valence-corrected chi connectivity index (χ0v) is 13.9. The lowest BCUT2D eigenvalue weighted by Crippen LogP contribution is -2.42. The molecule has 0 aliphatic carbocycles. The normalized spacial score (nSPS) is 17.8. The first-order valence-corrected chi connectivity index (χ1v) is 8.15. The molecule has 0 spiro atoms. The van der Waals surface area contributed by atoms with Gasteiger partial charge in [-0.25, -0.2) is 13.9 Å². The number of hydrogen-bond acceptors (Lipinski definition) is 4. The zero-order chi connectivity index (χ0) is 17.4. The van der Waals surface area contributed by atoms with Gasteiger partial charge in [0.2, 0.25) is 0 Å². The van der Waals surface area contributed by atoms with Crippen molar-refractivity contribution >= 4 is 23.2 Å². The Kier molecular flexibility index (Phi) is 4.10. The SMILES string of the molecule is O=C(c1cnn2cccnc12)N1CCOC(c2ccc(F)cc2Cl)C1. The van der Waals surface area contributed by atoms with E-state index in [1.807, 2.05) is 0 Å². The van der Waals surface area contributed by atoms with Crippen LogP contribution >= 0.6 is 11.6 Å². The van der Waals surface area contributed by atoms with E-state index in [2.05, 4.69) is 10.1 Å². The van der Waals surface area contributed by atoms with Crippen molar-refractivity contribution in [3.05, 3.63) is 64.8 Å². The number of aromatic nitrogens is 3. The Bertz CT molecular complexity index is 945. The summed E-state index contributed by atoms with van der Waals surface area (Å²) in [6.45, 7) is 1.16. The van der Waals surface area contributed by atoms with Gasteiger partial charge in [-0.2, -0.15) is 5.10 Å². The van der Waals surface area contributed by atoms with E-state index in [-0.39, 0.29) is 10.9 Å². The molecular formula is C17H14ClFN4O2. The van der Waals surface area contributed by atoms with Gasteiger partial charge in [0.05, 0.1) is 19.3 Å². The second kappa shape index (κ2) is 6.42. The third-order valence-corrected chi connectivity index (χ3v) is 4.50. The summed E-state index contributed by atoms with van der Waals surface area (Å²) < 4.78 is 20.5. The number of benzene rings is 1. The van der Waals surface area contributed by atoms with Crippen LogP contribution in [0, 0.1) is 5.82 Å². The maximum absolute atomic E-state index is 13.2. The van der Waals surface area contributed by atoms with E-state index in [1.165, 1.54) is 18.3 Å². The number of carbonyl (C=O) groups is 1. The summed E-state index contributed by atoms with van der Waals surface area (Å²) in [5.41, 5.74) is 1.61. The Morgan fingerprint density at radius 3 is 3.12 bits per heavy atom. The smallest absolute Gasteiger partial charge is 0.259 e. The molecule has 3 heterocycles. The number of fused-ring (bicyclic) bond motifs is 1. The molecule has 0 radical (unpaired) electrons. The second-order valence-electron chi connectivity index (χ2n) is 5.72. The highest BCUT2D eigenvalue weighted by molar-refractivity contribution is 6.31. The fraction of sp³-hybridized carbons (Fsp3) is 0.235. The van der Waals surface area contributed by atoms with E-state index in [9.17, 15) is 9.18 Å². The molecule has 8 heteroatoms. The number of nitrogens with zero attached hydrogens (tertiary/aromatic N) is 4. The summed E-state index contributed by atoms with van der Waals surface area (Å²) in [4.78, 5) is 18.8. The van der Waals surface area contributed by atoms with E-state index >= 15 is 0 Å². The molecule has 0 N–H and O–H groups in total. The Balaban J connectivity index is 1.59. The van der Waals surface area contributed by atoms with E-state index in [0.29, 0.717) is 36.5 Å². The fourth-order valence-corrected chi connectivity index (χ4v) is 3.22. The van der Waals surface area contributed by atoms with Crippen LogP contribution in [0.25, 0.3) is 5.65 Å². The molecule has 6 nitrogen and oxygen atoms in total. The Morgan fingerprint density at radius 1 is 1.40 bits per heavy atom. The Hall–Kier alpha value is -2.51. The van der Waals surface area contributed by atoms with Gasteiger partial charge in [0.1, 0.15) is 17.5 Å². The van der Waals surface area contributed by atoms with Crippen LogP contribution in [0.15, 0.2) is 42.9 Å². The van der Waals surface area contributed by atoms with Crippen molar-refractivity contribution in [1.29, 1.82) is 0 Å². The van der Waals surface area contributed by atoms with Crippen LogP contribution in [0.4, 0.5) is 4.39 Å². The predicted molar refractivity (Wildman–Crippen MR) is 89.0 cm³/mol. The lowest BCUT2D eigenvalue weighted by Gasteiger charge is -2.33. The molecule has 1 aromatic carbocycles. The lowest BCUT2D eigenvalue weighted by atomic mass is 10.1. The molecule has 128 valence electrons. The molecule has 1 unspecified atom stereocenters. The summed E-state index contributed by atoms with van der Waals surface area (Å²) in [6, 6.07) is 5.92. The van der Waals surface area contributed by atoms with Crippen molar-refractivity contribution in [1.82, 2.24) is 19.5 Å². The Morgan fingerprint density at radius 2 is 2.28 bits per heavy atom. The van der Waals surface area contributed by atoms with Gasteiger partial charge in [-0.05, 0) is 18.2 Å². The number of halogens is 2. The van der Waals surface area contributed by atoms with E-state index < -0.39 is 11.9 Å². The molecule has 2 aromatic heterocycles. The second-order valence-corrected chi connectivity index (χ2v) is 6.13. The number of rotatable bonds is 2. The van der Waals surface area contributed by atoms with Gasteiger partial charge in [0, 0.05) is 29.5 Å². The van der Waals surface area contributed by atoms with Crippen LogP contribution in [0.5, 0.6) is 0 Å². The summed E-state index contributed by atoms with van der Waals surface area (Å²) >= 11 is 6.12. The van der Waals surface area contributed by atoms with Crippen molar-refractivity contribution in [3.8, 4) is 0 Å². The molecule has 3 aromatic rings. The van der Waals surface area contributed by atoms with Gasteiger partial charge in [0.25, 0.3) is 5.91 Å². The fourth-order valence-electron chi connectivity index (χ4n) is 2.93. The quantitative estimate of drug-likeness (QED) is 0.705. The van der Waals surface area contributed by atoms with Crippen molar-refractivity contribution in [3.63, 3.8) is 0 Å². The number of carbonyl (C=O) groups excluding carboxylic acids is 1. The minimum Gasteiger partial charge on any atom is -0.370 e. The summed E-state index contributed by atoms with van der Waals surface area (Å²) in [7, 11) is 0. The number of amides is 1. The molecule has 1 aliphatic rings. The highest BCUT2D eigenvalue weighted by atomic mass is 35.5. The third-order valence-electron chi connectivity index (χ3n) is 4.17. The number of ether oxygens (including phenoxy) is 1. The molecule has 25 heavy (non-hydrogen) atoms. The average Bonchev–Trinajstić information content (AvgIpc) is 3.05. The molecule has 4 rings (SSSR count). The predicted octanol–water partition coefficient (Wildman–Crippen LogP) is 2.74. The minimum atomic E-state index is -0.407. The molecule has 0 bridgehead atoms. The maximum Gasteiger partial charge on any atom is 0.259 e. The first-order chi connectivity index (χ1) is 12.1. The highest BCUT2D eigenvalue weighted by Gasteiger charge is 2.29. The molecular weight excluding hydrogens is 347 g/mol. The highest BCUT2D eigenvalue weighted by Crippen LogP contribution is 2.29. The van der Waals surface area contributed by atoms with Gasteiger partial charge >= 0.3 is 0 Å². The summed E-state index contributed by atoms with van der Waals surface area (Å²) in [5.74, 6) is -0.574. The van der Waals surface area contributed by atoms with Crippen LogP contribution in [0.1, 0.15) is 22.0 Å². The van der Waals surface area contributed by atoms with Gasteiger partial charge < -0.3 is 9.64 Å². The first-order valence-electron chi connectivity index (χ1n) is 7.77. The molecule has 1 atom stereocenters. The maximum atomic E-state index is 13.2. The average molecular weight is 361 g/mol. The van der Waals surface area contributed by atoms with E-state index in [4.69, 9.17) is 16.3 Å². The van der Waals surface area contributed by atoms with Crippen LogP contribution in [0.3, 0.4) is 0 Å². The minimum absolute atomic E-state index is 0.166. The van der Waals surface area contributed by atoms with Gasteiger partial charge in [-0.1, -0.05) is 17.7 Å². The topological polar surface area (TPSA) is 59.7 Å². The zero-order valence-electron chi connectivity index (χ0n) is 13.1. The molecule has 0 saturated carbocycles. The number of hydrogen-bond donors (Lipinski definition) is 0. The molecule has 1 fully saturated rings. The van der Waals surface area contributed by atoms with Gasteiger partial charge in [0.15, 0.2) is 5.65 Å².